The third kappa shape index (κ3) is 5.41. The molecule has 0 saturated heterocycles. The van der Waals surface area contributed by atoms with Gasteiger partial charge in [-0.05, 0) is 45.0 Å². The minimum Gasteiger partial charge on any atom is -0.497 e. The lowest BCUT2D eigenvalue weighted by atomic mass is 10.1. The second kappa shape index (κ2) is 10.3. The van der Waals surface area contributed by atoms with Gasteiger partial charge in [-0.3, -0.25) is 10.1 Å². The number of hydrogen-bond donors (Lipinski definition) is 1. The second-order valence-corrected chi connectivity index (χ2v) is 7.48. The van der Waals surface area contributed by atoms with E-state index in [0.29, 0.717) is 24.9 Å². The fourth-order valence-corrected chi connectivity index (χ4v) is 3.63. The van der Waals surface area contributed by atoms with Crippen molar-refractivity contribution in [2.24, 2.45) is 0 Å². The predicted molar refractivity (Wildman–Crippen MR) is 114 cm³/mol. The normalized spacial score (nSPS) is 11.1. The van der Waals surface area contributed by atoms with Crippen LogP contribution in [0.1, 0.15) is 29.2 Å². The van der Waals surface area contributed by atoms with Gasteiger partial charge in [0.05, 0.1) is 25.5 Å². The fourth-order valence-electron chi connectivity index (χ4n) is 2.80. The van der Waals surface area contributed by atoms with Gasteiger partial charge >= 0.3 is 0 Å². The van der Waals surface area contributed by atoms with Crippen LogP contribution in [0.3, 0.4) is 0 Å². The molecular weight excluding hydrogens is 406 g/mol. The van der Waals surface area contributed by atoms with Crippen LogP contribution in [-0.2, 0) is 16.0 Å². The molecule has 3 aromatic rings. The topological polar surface area (TPSA) is 100 Å². The van der Waals surface area contributed by atoms with Gasteiger partial charge in [0.25, 0.3) is 5.91 Å². The number of nitrogens with one attached hydrogen (secondary N) is 1. The summed E-state index contributed by atoms with van der Waals surface area (Å²) in [5, 5.41) is 11.2. The molecule has 3 rings (SSSR count). The van der Waals surface area contributed by atoms with Gasteiger partial charge in [0, 0.05) is 23.7 Å². The Bertz CT molecular complexity index is 964. The van der Waals surface area contributed by atoms with Crippen LogP contribution in [0.2, 0.25) is 0 Å². The highest BCUT2D eigenvalue weighted by atomic mass is 32.1. The number of anilines is 1. The largest absolute Gasteiger partial charge is 0.497 e. The van der Waals surface area contributed by atoms with Crippen molar-refractivity contribution in [3.63, 3.8) is 0 Å². The highest BCUT2D eigenvalue weighted by Gasteiger charge is 2.17. The van der Waals surface area contributed by atoms with E-state index in [1.807, 2.05) is 45.0 Å². The minimum atomic E-state index is -0.439. The number of ether oxygens (including phenoxy) is 3. The highest BCUT2D eigenvalue weighted by Crippen LogP contribution is 2.31. The van der Waals surface area contributed by atoms with Crippen LogP contribution < -0.4 is 10.1 Å². The zero-order chi connectivity index (χ0) is 21.5. The van der Waals surface area contributed by atoms with Gasteiger partial charge in [0.2, 0.25) is 0 Å². The third-order valence-corrected chi connectivity index (χ3v) is 5.08. The molecule has 1 amide bonds. The summed E-state index contributed by atoms with van der Waals surface area (Å²) in [4.78, 5) is 18.1. The first-order chi connectivity index (χ1) is 14.5. The molecule has 2 heterocycles. The quantitative estimate of drug-likeness (QED) is 0.491. The van der Waals surface area contributed by atoms with Gasteiger partial charge in [-0.1, -0.05) is 5.21 Å². The number of amides is 1. The van der Waals surface area contributed by atoms with E-state index >= 15 is 0 Å². The first kappa shape index (κ1) is 21.9. The van der Waals surface area contributed by atoms with Crippen LogP contribution in [0.25, 0.3) is 11.3 Å². The second-order valence-electron chi connectivity index (χ2n) is 6.27. The molecule has 0 radical (unpaired) electrons. The molecule has 30 heavy (non-hydrogen) atoms. The summed E-state index contributed by atoms with van der Waals surface area (Å²) in [6, 6.07) is 7.63. The van der Waals surface area contributed by atoms with Gasteiger partial charge in [0.1, 0.15) is 5.75 Å². The van der Waals surface area contributed by atoms with Crippen LogP contribution >= 0.6 is 11.3 Å². The Labute approximate surface area is 179 Å². The van der Waals surface area contributed by atoms with Crippen LogP contribution in [-0.4, -0.2) is 52.5 Å². The monoisotopic (exact) mass is 431 g/mol. The van der Waals surface area contributed by atoms with E-state index in [1.54, 1.807) is 13.3 Å². The number of carbonyl (C=O) groups excluding carboxylic acids is 1. The summed E-state index contributed by atoms with van der Waals surface area (Å²) in [7, 11) is 1.63. The Balaban J connectivity index is 1.67. The number of methoxy groups -OCH3 is 1. The zero-order valence-electron chi connectivity index (χ0n) is 17.4. The minimum absolute atomic E-state index is 0.195. The summed E-state index contributed by atoms with van der Waals surface area (Å²) < 4.78 is 17.7. The SMILES string of the molecule is CCOC(Cn1cc(C(=O)Nc2nc(-c3ccc(OC)cc3)c(C)s2)nn1)OCC. The Kier molecular flexibility index (Phi) is 7.50. The Morgan fingerprint density at radius 2 is 1.90 bits per heavy atom. The van der Waals surface area contributed by atoms with E-state index in [9.17, 15) is 4.79 Å². The lowest BCUT2D eigenvalue weighted by molar-refractivity contribution is -0.145. The maximum Gasteiger partial charge on any atom is 0.279 e. The molecule has 0 aliphatic carbocycles. The van der Waals surface area contributed by atoms with Crippen molar-refractivity contribution < 1.29 is 19.0 Å². The average molecular weight is 432 g/mol. The zero-order valence-corrected chi connectivity index (χ0v) is 18.2. The molecule has 9 nitrogen and oxygen atoms in total. The average Bonchev–Trinajstić information content (AvgIpc) is 3.35. The van der Waals surface area contributed by atoms with Gasteiger partial charge in [-0.2, -0.15) is 0 Å². The summed E-state index contributed by atoms with van der Waals surface area (Å²) in [6.45, 7) is 7.13. The van der Waals surface area contributed by atoms with Crippen LogP contribution in [0.5, 0.6) is 5.75 Å². The molecule has 0 bridgehead atoms. The summed E-state index contributed by atoms with van der Waals surface area (Å²) >= 11 is 1.40. The van der Waals surface area contributed by atoms with Crippen LogP contribution in [0.15, 0.2) is 30.5 Å². The first-order valence-electron chi connectivity index (χ1n) is 9.60. The van der Waals surface area contributed by atoms with Gasteiger partial charge < -0.3 is 14.2 Å². The Morgan fingerprint density at radius 3 is 2.53 bits per heavy atom. The molecule has 10 heteroatoms. The van der Waals surface area contributed by atoms with E-state index in [-0.39, 0.29) is 11.6 Å². The van der Waals surface area contributed by atoms with Crippen molar-refractivity contribution in [1.29, 1.82) is 0 Å². The van der Waals surface area contributed by atoms with Crippen molar-refractivity contribution in [3.05, 3.63) is 41.0 Å². The fraction of sp³-hybridized carbons (Fsp3) is 0.400. The Hall–Kier alpha value is -2.82. The summed E-state index contributed by atoms with van der Waals surface area (Å²) in [5.41, 5.74) is 1.97. The van der Waals surface area contributed by atoms with E-state index < -0.39 is 6.29 Å². The number of rotatable bonds is 10. The van der Waals surface area contributed by atoms with Gasteiger partial charge in [0.15, 0.2) is 17.1 Å². The number of benzene rings is 1. The number of thiazole rings is 1. The van der Waals surface area contributed by atoms with E-state index in [1.165, 1.54) is 16.0 Å². The van der Waals surface area contributed by atoms with Crippen LogP contribution in [0.4, 0.5) is 5.13 Å². The number of aromatic nitrogens is 4. The smallest absolute Gasteiger partial charge is 0.279 e. The maximum absolute atomic E-state index is 12.6. The third-order valence-electron chi connectivity index (χ3n) is 4.19. The summed E-state index contributed by atoms with van der Waals surface area (Å²) in [5.74, 6) is 0.403. The molecule has 0 spiro atoms. The van der Waals surface area contributed by atoms with Crippen LogP contribution in [0, 0.1) is 6.92 Å². The number of aryl methyl sites for hydroxylation is 1. The van der Waals surface area contributed by atoms with Gasteiger partial charge in [-0.15, -0.1) is 16.4 Å². The molecule has 1 aromatic carbocycles. The standard InChI is InChI=1S/C20H25N5O4S/c1-5-28-17(29-6-2)12-25-11-16(23-24-25)19(26)22-20-21-18(13(3)30-20)14-7-9-15(27-4)10-8-14/h7-11,17H,5-6,12H2,1-4H3,(H,21,22,26). The lowest BCUT2D eigenvalue weighted by Gasteiger charge is -2.16. The first-order valence-corrected chi connectivity index (χ1v) is 10.4. The highest BCUT2D eigenvalue weighted by molar-refractivity contribution is 7.16. The van der Waals surface area contributed by atoms with E-state index in [4.69, 9.17) is 14.2 Å². The molecule has 0 atom stereocenters. The molecule has 0 unspecified atom stereocenters. The van der Waals surface area contributed by atoms with E-state index in [2.05, 4.69) is 20.6 Å². The predicted octanol–water partition coefficient (Wildman–Crippen LogP) is 3.37. The number of nitrogens with zero attached hydrogens (tertiary/aromatic N) is 4. The van der Waals surface area contributed by atoms with Crippen molar-refractivity contribution in [1.82, 2.24) is 20.0 Å². The van der Waals surface area contributed by atoms with Crippen molar-refractivity contribution in [2.75, 3.05) is 25.6 Å². The summed E-state index contributed by atoms with van der Waals surface area (Å²) in [6.07, 6.45) is 1.12. The number of hydrogen-bond acceptors (Lipinski definition) is 8. The molecule has 1 N–H and O–H groups in total. The molecular formula is C20H25N5O4S. The van der Waals surface area contributed by atoms with Gasteiger partial charge in [-0.25, -0.2) is 9.67 Å². The Morgan fingerprint density at radius 1 is 1.20 bits per heavy atom. The number of carbonyl (C=O) groups is 1. The lowest BCUT2D eigenvalue weighted by Crippen LogP contribution is -2.24. The van der Waals surface area contributed by atoms with Crippen molar-refractivity contribution in [3.8, 4) is 17.0 Å². The molecule has 0 saturated carbocycles. The molecule has 0 fully saturated rings. The molecule has 0 aliphatic heterocycles. The molecule has 160 valence electrons. The van der Waals surface area contributed by atoms with Crippen molar-refractivity contribution >= 4 is 22.4 Å². The maximum atomic E-state index is 12.6. The molecule has 0 aliphatic rings. The molecule has 2 aromatic heterocycles. The van der Waals surface area contributed by atoms with E-state index in [0.717, 1.165) is 21.9 Å². The van der Waals surface area contributed by atoms with Crippen molar-refractivity contribution in [2.45, 2.75) is 33.6 Å².